The number of benzene rings is 1. The molecule has 1 aliphatic rings. The molecule has 0 aliphatic carbocycles. The Bertz CT molecular complexity index is 1080. The number of ether oxygens (including phenoxy) is 1. The van der Waals surface area contributed by atoms with Crippen molar-refractivity contribution in [2.75, 3.05) is 5.32 Å². The van der Waals surface area contributed by atoms with Crippen LogP contribution in [0.2, 0.25) is 0 Å². The predicted octanol–water partition coefficient (Wildman–Crippen LogP) is 2.85. The summed E-state index contributed by atoms with van der Waals surface area (Å²) < 4.78 is 35.8. The van der Waals surface area contributed by atoms with Crippen molar-refractivity contribution in [3.63, 3.8) is 0 Å². The highest BCUT2D eigenvalue weighted by molar-refractivity contribution is 7.13. The second kappa shape index (κ2) is 8.49. The lowest BCUT2D eigenvalue weighted by molar-refractivity contribution is -0.172. The molecule has 1 unspecified atom stereocenters. The fourth-order valence-electron chi connectivity index (χ4n) is 3.78. The van der Waals surface area contributed by atoms with Crippen LogP contribution in [0.3, 0.4) is 0 Å². The maximum Gasteiger partial charge on any atom is 0.169 e. The minimum absolute atomic E-state index is 0.125. The monoisotopic (exact) mass is 465 g/mol. The van der Waals surface area contributed by atoms with Crippen molar-refractivity contribution in [1.29, 1.82) is 0 Å². The van der Waals surface area contributed by atoms with E-state index < -0.39 is 41.7 Å². The van der Waals surface area contributed by atoms with Crippen molar-refractivity contribution in [2.45, 2.75) is 50.3 Å². The summed E-state index contributed by atoms with van der Waals surface area (Å²) >= 11 is 1.03. The van der Waals surface area contributed by atoms with Crippen LogP contribution in [-0.2, 0) is 11.8 Å². The molecule has 0 bridgehead atoms. The fraction of sp³-hybridized carbons (Fsp3) is 0.429. The van der Waals surface area contributed by atoms with Crippen LogP contribution < -0.4 is 11.1 Å². The Morgan fingerprint density at radius 2 is 2.06 bits per heavy atom. The van der Waals surface area contributed by atoms with Crippen LogP contribution in [0, 0.1) is 11.6 Å². The van der Waals surface area contributed by atoms with Crippen molar-refractivity contribution in [3.8, 4) is 10.6 Å². The normalized spacial score (nSPS) is 26.8. The van der Waals surface area contributed by atoms with Gasteiger partial charge in [0.2, 0.25) is 0 Å². The van der Waals surface area contributed by atoms with Crippen molar-refractivity contribution in [1.82, 2.24) is 14.8 Å². The van der Waals surface area contributed by atoms with Gasteiger partial charge in [-0.05, 0) is 32.4 Å². The lowest BCUT2D eigenvalue weighted by atomic mass is 9.84. The van der Waals surface area contributed by atoms with Crippen LogP contribution >= 0.6 is 11.3 Å². The molecule has 3 aromatic rings. The smallest absolute Gasteiger partial charge is 0.169 e. The van der Waals surface area contributed by atoms with Gasteiger partial charge < -0.3 is 26.0 Å². The Labute approximate surface area is 187 Å². The maximum absolute atomic E-state index is 14.1. The molecule has 2 aromatic heterocycles. The van der Waals surface area contributed by atoms with E-state index >= 15 is 0 Å². The van der Waals surface area contributed by atoms with Gasteiger partial charge in [-0.25, -0.2) is 13.8 Å². The van der Waals surface area contributed by atoms with E-state index in [1.165, 1.54) is 17.6 Å². The second-order valence-electron chi connectivity index (χ2n) is 8.12. The van der Waals surface area contributed by atoms with E-state index in [1.807, 2.05) is 0 Å². The second-order valence-corrected chi connectivity index (χ2v) is 8.98. The summed E-state index contributed by atoms with van der Waals surface area (Å²) in [6.07, 6.45) is -0.332. The summed E-state index contributed by atoms with van der Waals surface area (Å²) in [5.74, 6) is -1.45. The fourth-order valence-corrected chi connectivity index (χ4v) is 4.66. The molecule has 0 saturated carbocycles. The summed E-state index contributed by atoms with van der Waals surface area (Å²) in [5.41, 5.74) is 6.13. The minimum atomic E-state index is -1.25. The maximum atomic E-state index is 14.1. The summed E-state index contributed by atoms with van der Waals surface area (Å²) in [5, 5.41) is 30.0. The zero-order valence-electron chi connectivity index (χ0n) is 17.8. The van der Waals surface area contributed by atoms with Gasteiger partial charge in [0.1, 0.15) is 34.0 Å². The molecule has 11 heteroatoms. The molecule has 1 aliphatic heterocycles. The van der Waals surface area contributed by atoms with Gasteiger partial charge in [0.25, 0.3) is 0 Å². The molecule has 5 N–H and O–H groups in total. The lowest BCUT2D eigenvalue weighted by Gasteiger charge is -2.43. The van der Waals surface area contributed by atoms with Crippen LogP contribution in [0.5, 0.6) is 0 Å². The van der Waals surface area contributed by atoms with Crippen LogP contribution in [0.1, 0.15) is 44.0 Å². The number of hydrogen-bond donors (Lipinski definition) is 4. The number of nitrogens with one attached hydrogen (secondary N) is 1. The number of rotatable bonds is 5. The van der Waals surface area contributed by atoms with E-state index in [9.17, 15) is 19.0 Å². The van der Waals surface area contributed by atoms with Gasteiger partial charge in [-0.1, -0.05) is 6.07 Å². The van der Waals surface area contributed by atoms with Crippen LogP contribution in [0.15, 0.2) is 29.8 Å². The van der Waals surface area contributed by atoms with E-state index in [1.54, 1.807) is 25.6 Å². The number of nitrogens with zero attached hydrogens (tertiary/aromatic N) is 3. The SMILES string of the molecule is C[C@H]1O[C@@H](c2c(NC(O)c3csc(-c4c(F)cccc4F)n3)cnn2C)C[C@@H](N)[C@]1(C)O. The summed E-state index contributed by atoms with van der Waals surface area (Å²) in [6.45, 7) is 3.39. The third-order valence-electron chi connectivity index (χ3n) is 5.97. The topological polar surface area (TPSA) is 118 Å². The van der Waals surface area contributed by atoms with Gasteiger partial charge in [0, 0.05) is 18.5 Å². The van der Waals surface area contributed by atoms with Gasteiger partial charge in [-0.3, -0.25) is 4.68 Å². The molecule has 5 atom stereocenters. The van der Waals surface area contributed by atoms with Crippen LogP contribution in [0.4, 0.5) is 14.5 Å². The first-order valence-electron chi connectivity index (χ1n) is 10.1. The number of nitrogens with two attached hydrogens (primary N) is 1. The first-order chi connectivity index (χ1) is 15.1. The van der Waals surface area contributed by atoms with E-state index in [2.05, 4.69) is 15.4 Å². The molecule has 1 aromatic carbocycles. The number of aromatic nitrogens is 3. The van der Waals surface area contributed by atoms with E-state index in [0.717, 1.165) is 23.5 Å². The lowest BCUT2D eigenvalue weighted by Crippen LogP contribution is -2.58. The number of anilines is 1. The molecule has 0 spiro atoms. The molecule has 32 heavy (non-hydrogen) atoms. The standard InChI is InChI=1S/C21H25F2N5O3S/c1-10-21(2,30)16(24)7-15(31-10)18-13(8-25-28(18)3)26-19(29)14-9-32-20(27-14)17-11(22)5-4-6-12(17)23/h4-6,8-10,15-16,19,26,29-30H,7,24H2,1-3H3/t10-,15-,16-,19?,21-/m1/s1. The molecular weight excluding hydrogens is 440 g/mol. The molecular formula is C21H25F2N5O3S. The Balaban J connectivity index is 1.56. The van der Waals surface area contributed by atoms with Gasteiger partial charge >= 0.3 is 0 Å². The molecule has 4 rings (SSSR count). The number of thiazole rings is 1. The highest BCUT2D eigenvalue weighted by Gasteiger charge is 2.44. The van der Waals surface area contributed by atoms with Crippen molar-refractivity contribution in [3.05, 3.63) is 52.8 Å². The first kappa shape index (κ1) is 22.7. The quantitative estimate of drug-likeness (QED) is 0.428. The van der Waals surface area contributed by atoms with Crippen molar-refractivity contribution < 1.29 is 23.7 Å². The van der Waals surface area contributed by atoms with Gasteiger partial charge in [-0.2, -0.15) is 5.10 Å². The molecule has 0 amide bonds. The largest absolute Gasteiger partial charge is 0.386 e. The van der Waals surface area contributed by atoms with Gasteiger partial charge in [0.05, 0.1) is 29.2 Å². The summed E-state index contributed by atoms with van der Waals surface area (Å²) in [7, 11) is 1.74. The van der Waals surface area contributed by atoms with Gasteiger partial charge in [0.15, 0.2) is 6.23 Å². The zero-order chi connectivity index (χ0) is 23.2. The van der Waals surface area contributed by atoms with Crippen LogP contribution in [0.25, 0.3) is 10.6 Å². The molecule has 172 valence electrons. The zero-order valence-corrected chi connectivity index (χ0v) is 18.6. The predicted molar refractivity (Wildman–Crippen MR) is 116 cm³/mol. The molecule has 8 nitrogen and oxygen atoms in total. The Morgan fingerprint density at radius 3 is 2.72 bits per heavy atom. The van der Waals surface area contributed by atoms with E-state index in [4.69, 9.17) is 10.5 Å². The van der Waals surface area contributed by atoms with E-state index in [0.29, 0.717) is 17.8 Å². The van der Waals surface area contributed by atoms with Crippen molar-refractivity contribution in [2.24, 2.45) is 12.8 Å². The van der Waals surface area contributed by atoms with Gasteiger partial charge in [-0.15, -0.1) is 11.3 Å². The average Bonchev–Trinajstić information content (AvgIpc) is 3.33. The third kappa shape index (κ3) is 4.02. The summed E-state index contributed by atoms with van der Waals surface area (Å²) in [6, 6.07) is 3.08. The Kier molecular flexibility index (Phi) is 6.03. The number of aryl methyl sites for hydroxylation is 1. The molecule has 1 saturated heterocycles. The number of halogens is 2. The average molecular weight is 466 g/mol. The van der Waals surface area contributed by atoms with Crippen molar-refractivity contribution >= 4 is 17.0 Å². The minimum Gasteiger partial charge on any atom is -0.386 e. The highest BCUT2D eigenvalue weighted by Crippen LogP contribution is 2.39. The molecule has 0 radical (unpaired) electrons. The Hall–Kier alpha value is -2.44. The molecule has 3 heterocycles. The molecule has 1 fully saturated rings. The van der Waals surface area contributed by atoms with Crippen LogP contribution in [-0.4, -0.2) is 42.7 Å². The number of aliphatic hydroxyl groups is 2. The summed E-state index contributed by atoms with van der Waals surface area (Å²) in [4.78, 5) is 4.20. The highest BCUT2D eigenvalue weighted by atomic mass is 32.1. The number of hydrogen-bond acceptors (Lipinski definition) is 8. The van der Waals surface area contributed by atoms with E-state index in [-0.39, 0.29) is 16.3 Å². The third-order valence-corrected chi connectivity index (χ3v) is 6.85. The Morgan fingerprint density at radius 1 is 1.38 bits per heavy atom. The first-order valence-corrected chi connectivity index (χ1v) is 11.0. The number of aliphatic hydroxyl groups excluding tert-OH is 1.